The van der Waals surface area contributed by atoms with Crippen LogP contribution < -0.4 is 10.6 Å². The van der Waals surface area contributed by atoms with Gasteiger partial charge in [-0.25, -0.2) is 4.79 Å². The van der Waals surface area contributed by atoms with Gasteiger partial charge in [0.1, 0.15) is 12.1 Å². The Bertz CT molecular complexity index is 713. The maximum Gasteiger partial charge on any atom is 0.408 e. The van der Waals surface area contributed by atoms with Crippen LogP contribution in [0.4, 0.5) is 10.5 Å². The summed E-state index contributed by atoms with van der Waals surface area (Å²) in [5.41, 5.74) is -0.527. The summed E-state index contributed by atoms with van der Waals surface area (Å²) < 4.78 is 9.62. The monoisotopic (exact) mass is 381 g/mol. The first-order chi connectivity index (χ1) is 12.5. The Morgan fingerprint density at radius 3 is 2.48 bits per heavy atom. The van der Waals surface area contributed by atoms with E-state index in [-0.39, 0.29) is 18.7 Å². The van der Waals surface area contributed by atoms with Crippen molar-refractivity contribution in [2.75, 3.05) is 13.7 Å². The zero-order valence-electron chi connectivity index (χ0n) is 15.6. The number of carbonyl (C=O) groups is 3. The number of hydrogen-bond donors (Lipinski definition) is 2. The van der Waals surface area contributed by atoms with Crippen LogP contribution in [0.1, 0.15) is 38.8 Å². The van der Waals surface area contributed by atoms with Crippen molar-refractivity contribution in [3.63, 3.8) is 0 Å². The van der Waals surface area contributed by atoms with Crippen LogP contribution in [0.3, 0.4) is 0 Å². The molecule has 1 aromatic carbocycles. The summed E-state index contributed by atoms with van der Waals surface area (Å²) in [6.07, 6.45) is -0.993. The summed E-state index contributed by atoms with van der Waals surface area (Å²) in [7, 11) is 1.19. The predicted molar refractivity (Wildman–Crippen MR) is 94.8 cm³/mol. The van der Waals surface area contributed by atoms with Crippen LogP contribution in [0, 0.1) is 10.1 Å². The van der Waals surface area contributed by atoms with Crippen molar-refractivity contribution in [1.29, 1.82) is 0 Å². The van der Waals surface area contributed by atoms with Crippen molar-refractivity contribution in [3.8, 4) is 0 Å². The number of methoxy groups -OCH3 is 1. The normalized spacial score (nSPS) is 11.9. The highest BCUT2D eigenvalue weighted by Crippen LogP contribution is 2.22. The molecule has 0 aliphatic heterocycles. The summed E-state index contributed by atoms with van der Waals surface area (Å²) in [6.45, 7) is 4.66. The Kier molecular flexibility index (Phi) is 7.70. The van der Waals surface area contributed by atoms with Crippen molar-refractivity contribution in [2.45, 2.75) is 38.8 Å². The third kappa shape index (κ3) is 8.17. The van der Waals surface area contributed by atoms with Gasteiger partial charge in [-0.15, -0.1) is 0 Å². The molecule has 0 aliphatic rings. The number of nitrogens with zero attached hydrogens (tertiary/aromatic N) is 1. The lowest BCUT2D eigenvalue weighted by Gasteiger charge is -2.21. The number of ether oxygens (including phenoxy) is 2. The average molecular weight is 381 g/mol. The van der Waals surface area contributed by atoms with E-state index < -0.39 is 34.5 Å². The summed E-state index contributed by atoms with van der Waals surface area (Å²) in [4.78, 5) is 45.7. The van der Waals surface area contributed by atoms with Gasteiger partial charge < -0.3 is 20.1 Å². The lowest BCUT2D eigenvalue weighted by Crippen LogP contribution is -2.41. The van der Waals surface area contributed by atoms with Gasteiger partial charge in [-0.2, -0.15) is 0 Å². The fourth-order valence-electron chi connectivity index (χ4n) is 2.07. The SMILES string of the molecule is COC(=O)CC(NC(=O)CNC(=O)OC(C)(C)C)c1cccc([N+](=O)[O-])c1. The minimum Gasteiger partial charge on any atom is -0.469 e. The first-order valence-electron chi connectivity index (χ1n) is 8.09. The summed E-state index contributed by atoms with van der Waals surface area (Å²) in [6, 6.07) is 4.69. The van der Waals surface area contributed by atoms with Crippen LogP contribution in [0.15, 0.2) is 24.3 Å². The standard InChI is InChI=1S/C17H23N3O7/c1-17(2,3)27-16(23)18-10-14(21)19-13(9-15(22)26-4)11-6-5-7-12(8-11)20(24)25/h5-8,13H,9-10H2,1-4H3,(H,18,23)(H,19,21). The summed E-state index contributed by atoms with van der Waals surface area (Å²) in [5.74, 6) is -1.20. The first kappa shape index (κ1) is 21.9. The second kappa shape index (κ2) is 9.51. The molecule has 0 fully saturated rings. The second-order valence-electron chi connectivity index (χ2n) is 6.61. The van der Waals surface area contributed by atoms with Crippen molar-refractivity contribution in [2.24, 2.45) is 0 Å². The minimum absolute atomic E-state index is 0.177. The first-order valence-corrected chi connectivity index (χ1v) is 8.09. The van der Waals surface area contributed by atoms with E-state index in [1.165, 1.54) is 25.3 Å². The Balaban J connectivity index is 2.82. The largest absolute Gasteiger partial charge is 0.469 e. The number of nitro benzene ring substituents is 1. The van der Waals surface area contributed by atoms with Crippen LogP contribution in [0.25, 0.3) is 0 Å². The Hall–Kier alpha value is -3.17. The molecule has 148 valence electrons. The Labute approximate surface area is 156 Å². The van der Waals surface area contributed by atoms with Crippen LogP contribution in [-0.2, 0) is 19.1 Å². The van der Waals surface area contributed by atoms with Crippen LogP contribution in [-0.4, -0.2) is 42.1 Å². The maximum atomic E-state index is 12.1. The van der Waals surface area contributed by atoms with Gasteiger partial charge in [0, 0.05) is 12.1 Å². The van der Waals surface area contributed by atoms with Gasteiger partial charge in [-0.3, -0.25) is 19.7 Å². The predicted octanol–water partition coefficient (Wildman–Crippen LogP) is 1.84. The highest BCUT2D eigenvalue weighted by atomic mass is 16.6. The molecule has 1 rings (SSSR count). The molecular weight excluding hydrogens is 358 g/mol. The quantitative estimate of drug-likeness (QED) is 0.417. The number of nitrogens with one attached hydrogen (secondary N) is 2. The number of carbonyl (C=O) groups excluding carboxylic acids is 3. The van der Waals surface area contributed by atoms with E-state index in [1.807, 2.05) is 0 Å². The Morgan fingerprint density at radius 1 is 1.26 bits per heavy atom. The summed E-state index contributed by atoms with van der Waals surface area (Å²) in [5, 5.41) is 15.8. The molecule has 0 saturated heterocycles. The number of amides is 2. The van der Waals surface area contributed by atoms with E-state index >= 15 is 0 Å². The van der Waals surface area contributed by atoms with E-state index in [0.29, 0.717) is 5.56 Å². The molecule has 0 spiro atoms. The number of nitro groups is 1. The number of hydrogen-bond acceptors (Lipinski definition) is 7. The summed E-state index contributed by atoms with van der Waals surface area (Å²) >= 11 is 0. The molecule has 2 N–H and O–H groups in total. The molecule has 0 bridgehead atoms. The van der Waals surface area contributed by atoms with E-state index in [1.54, 1.807) is 26.8 Å². The molecular formula is C17H23N3O7. The van der Waals surface area contributed by atoms with Crippen LogP contribution in [0.5, 0.6) is 0 Å². The molecule has 10 heteroatoms. The van der Waals surface area contributed by atoms with Crippen molar-refractivity contribution in [1.82, 2.24) is 10.6 Å². The van der Waals surface area contributed by atoms with Gasteiger partial charge in [-0.05, 0) is 26.3 Å². The molecule has 0 aliphatic carbocycles. The highest BCUT2D eigenvalue weighted by Gasteiger charge is 2.22. The maximum absolute atomic E-state index is 12.1. The smallest absolute Gasteiger partial charge is 0.408 e. The molecule has 2 amide bonds. The topological polar surface area (TPSA) is 137 Å². The van der Waals surface area contributed by atoms with E-state index in [4.69, 9.17) is 4.74 Å². The lowest BCUT2D eigenvalue weighted by molar-refractivity contribution is -0.384. The van der Waals surface area contributed by atoms with Gasteiger partial charge >= 0.3 is 12.1 Å². The van der Waals surface area contributed by atoms with E-state index in [9.17, 15) is 24.5 Å². The molecule has 1 aromatic rings. The molecule has 1 atom stereocenters. The van der Waals surface area contributed by atoms with Gasteiger partial charge in [0.05, 0.1) is 24.5 Å². The number of alkyl carbamates (subject to hydrolysis) is 1. The van der Waals surface area contributed by atoms with Gasteiger partial charge in [0.25, 0.3) is 5.69 Å². The third-order valence-corrected chi connectivity index (χ3v) is 3.21. The minimum atomic E-state index is -0.856. The third-order valence-electron chi connectivity index (χ3n) is 3.21. The molecule has 0 radical (unpaired) electrons. The van der Waals surface area contributed by atoms with Crippen molar-refractivity contribution < 1.29 is 28.8 Å². The van der Waals surface area contributed by atoms with E-state index in [2.05, 4.69) is 15.4 Å². The van der Waals surface area contributed by atoms with Gasteiger partial charge in [0.2, 0.25) is 5.91 Å². The number of benzene rings is 1. The van der Waals surface area contributed by atoms with Crippen molar-refractivity contribution in [3.05, 3.63) is 39.9 Å². The molecule has 0 aromatic heterocycles. The number of rotatable bonds is 7. The van der Waals surface area contributed by atoms with Crippen LogP contribution in [0.2, 0.25) is 0 Å². The van der Waals surface area contributed by atoms with Crippen LogP contribution >= 0.6 is 0 Å². The number of non-ortho nitro benzene ring substituents is 1. The zero-order chi connectivity index (χ0) is 20.6. The van der Waals surface area contributed by atoms with Crippen molar-refractivity contribution >= 4 is 23.7 Å². The fourth-order valence-corrected chi connectivity index (χ4v) is 2.07. The lowest BCUT2D eigenvalue weighted by atomic mass is 10.0. The molecule has 10 nitrogen and oxygen atoms in total. The fraction of sp³-hybridized carbons (Fsp3) is 0.471. The molecule has 0 saturated carbocycles. The molecule has 1 unspecified atom stereocenters. The molecule has 27 heavy (non-hydrogen) atoms. The number of esters is 1. The molecule has 0 heterocycles. The second-order valence-corrected chi connectivity index (χ2v) is 6.61. The highest BCUT2D eigenvalue weighted by molar-refractivity contribution is 5.83. The van der Waals surface area contributed by atoms with Gasteiger partial charge in [-0.1, -0.05) is 12.1 Å². The zero-order valence-corrected chi connectivity index (χ0v) is 15.6. The Morgan fingerprint density at radius 2 is 1.93 bits per heavy atom. The van der Waals surface area contributed by atoms with E-state index in [0.717, 1.165) is 0 Å². The van der Waals surface area contributed by atoms with Gasteiger partial charge in [0.15, 0.2) is 0 Å². The average Bonchev–Trinajstić information content (AvgIpc) is 2.57.